The predicted molar refractivity (Wildman–Crippen MR) is 81.0 cm³/mol. The fourth-order valence-electron chi connectivity index (χ4n) is 2.48. The van der Waals surface area contributed by atoms with Crippen molar-refractivity contribution >= 4 is 15.5 Å². The summed E-state index contributed by atoms with van der Waals surface area (Å²) in [5.41, 5.74) is 7.46. The molecule has 0 aliphatic carbocycles. The summed E-state index contributed by atoms with van der Waals surface area (Å²) in [4.78, 5) is 2.03. The third kappa shape index (κ3) is 3.93. The second-order valence-electron chi connectivity index (χ2n) is 5.20. The maximum atomic E-state index is 12.7. The Morgan fingerprint density at radius 1 is 1.29 bits per heavy atom. The van der Waals surface area contributed by atoms with Crippen LogP contribution in [0.4, 0.5) is 10.1 Å². The van der Waals surface area contributed by atoms with Crippen molar-refractivity contribution in [2.75, 3.05) is 43.3 Å². The average molecular weight is 316 g/mol. The molecule has 0 saturated carbocycles. The van der Waals surface area contributed by atoms with Crippen molar-refractivity contribution in [2.45, 2.75) is 12.1 Å². The van der Waals surface area contributed by atoms with Gasteiger partial charge in [-0.25, -0.2) is 12.8 Å². The zero-order valence-corrected chi connectivity index (χ0v) is 12.9. The number of nitrogens with two attached hydrogens (primary N) is 1. The quantitative estimate of drug-likeness (QED) is 0.874. The smallest absolute Gasteiger partial charge is 0.153 e. The number of sulfone groups is 1. The molecule has 1 heterocycles. The molecule has 0 aromatic heterocycles. The molecule has 5 nitrogen and oxygen atoms in total. The van der Waals surface area contributed by atoms with Crippen molar-refractivity contribution in [3.63, 3.8) is 0 Å². The van der Waals surface area contributed by atoms with Crippen LogP contribution in [-0.4, -0.2) is 52.8 Å². The zero-order chi connectivity index (χ0) is 15.5. The summed E-state index contributed by atoms with van der Waals surface area (Å²) in [6, 6.07) is 6.79. The molecule has 0 bridgehead atoms. The molecule has 2 rings (SSSR count). The van der Waals surface area contributed by atoms with Crippen LogP contribution in [0.1, 0.15) is 11.7 Å². The summed E-state index contributed by atoms with van der Waals surface area (Å²) in [5.74, 6) is 0.365. The Balaban J connectivity index is 2.08. The third-order valence-electron chi connectivity index (χ3n) is 3.75. The molecule has 21 heavy (non-hydrogen) atoms. The van der Waals surface area contributed by atoms with Crippen LogP contribution in [0, 0.1) is 0 Å². The molecule has 1 aliphatic heterocycles. The maximum absolute atomic E-state index is 12.7. The first-order valence-electron chi connectivity index (χ1n) is 6.86. The number of benzene rings is 1. The Morgan fingerprint density at radius 2 is 1.86 bits per heavy atom. The van der Waals surface area contributed by atoms with E-state index in [4.69, 9.17) is 10.5 Å². The summed E-state index contributed by atoms with van der Waals surface area (Å²) < 4.78 is 40.8. The Bertz CT molecular complexity index is 548. The Kier molecular flexibility index (Phi) is 5.18. The Morgan fingerprint density at radius 3 is 2.33 bits per heavy atom. The zero-order valence-electron chi connectivity index (χ0n) is 12.0. The summed E-state index contributed by atoms with van der Waals surface area (Å²) >= 11 is 0. The topological polar surface area (TPSA) is 72.6 Å². The van der Waals surface area contributed by atoms with Crippen LogP contribution in [-0.2, 0) is 14.6 Å². The molecule has 1 aromatic carbocycles. The van der Waals surface area contributed by atoms with Gasteiger partial charge in [-0.3, -0.25) is 0 Å². The number of anilines is 1. The summed E-state index contributed by atoms with van der Waals surface area (Å²) in [6.45, 7) is 0.350. The van der Waals surface area contributed by atoms with Crippen LogP contribution in [0.5, 0.6) is 0 Å². The van der Waals surface area contributed by atoms with E-state index >= 15 is 0 Å². The second kappa shape index (κ2) is 6.72. The van der Waals surface area contributed by atoms with Crippen LogP contribution in [0.15, 0.2) is 24.3 Å². The molecule has 0 amide bonds. The first-order valence-corrected chi connectivity index (χ1v) is 8.68. The fourth-order valence-corrected chi connectivity index (χ4v) is 3.69. The highest BCUT2D eigenvalue weighted by Gasteiger charge is 2.23. The van der Waals surface area contributed by atoms with Gasteiger partial charge in [0, 0.05) is 25.9 Å². The highest BCUT2D eigenvalue weighted by molar-refractivity contribution is 7.91. The third-order valence-corrected chi connectivity index (χ3v) is 5.36. The van der Waals surface area contributed by atoms with Crippen molar-refractivity contribution in [1.82, 2.24) is 0 Å². The fraction of sp³-hybridized carbons (Fsp3) is 0.571. The van der Waals surface area contributed by atoms with E-state index in [-0.39, 0.29) is 11.5 Å². The first-order chi connectivity index (χ1) is 9.96. The molecule has 0 unspecified atom stereocenters. The molecule has 0 radical (unpaired) electrons. The highest BCUT2D eigenvalue weighted by atomic mass is 32.2. The monoisotopic (exact) mass is 316 g/mol. The molecule has 1 aromatic rings. The molecule has 0 spiro atoms. The number of alkyl halides is 1. The molecule has 7 heteroatoms. The standard InChI is InChI=1S/C14H21FN2O3S/c1-20-14(13(16)10-15)11-2-4-12(5-3-11)17-6-8-21(18,19)9-7-17/h2-5,13-14H,6-10,16H2,1H3/t13-,14-/m1/s1. The molecular formula is C14H21FN2O3S. The van der Waals surface area contributed by atoms with Gasteiger partial charge in [-0.1, -0.05) is 12.1 Å². The van der Waals surface area contributed by atoms with E-state index in [2.05, 4.69) is 0 Å². The van der Waals surface area contributed by atoms with E-state index < -0.39 is 28.7 Å². The normalized spacial score (nSPS) is 21.0. The summed E-state index contributed by atoms with van der Waals surface area (Å²) in [6.07, 6.45) is -0.481. The van der Waals surface area contributed by atoms with Crippen LogP contribution in [0.2, 0.25) is 0 Å². The number of rotatable bonds is 5. The minimum absolute atomic E-state index is 0.183. The van der Waals surface area contributed by atoms with E-state index in [1.54, 1.807) is 0 Å². The maximum Gasteiger partial charge on any atom is 0.153 e. The molecule has 1 saturated heterocycles. The number of ether oxygens (including phenoxy) is 1. The van der Waals surface area contributed by atoms with Gasteiger partial charge in [0.15, 0.2) is 9.84 Å². The van der Waals surface area contributed by atoms with E-state index in [0.717, 1.165) is 11.3 Å². The predicted octanol–water partition coefficient (Wildman–Crippen LogP) is 0.906. The summed E-state index contributed by atoms with van der Waals surface area (Å²) in [7, 11) is -1.38. The van der Waals surface area contributed by atoms with Crippen molar-refractivity contribution in [3.05, 3.63) is 29.8 Å². The van der Waals surface area contributed by atoms with Crippen molar-refractivity contribution in [3.8, 4) is 0 Å². The van der Waals surface area contributed by atoms with Gasteiger partial charge in [-0.05, 0) is 17.7 Å². The summed E-state index contributed by atoms with van der Waals surface area (Å²) in [5, 5.41) is 0. The Labute approximate surface area is 124 Å². The lowest BCUT2D eigenvalue weighted by molar-refractivity contribution is 0.0721. The molecule has 118 valence electrons. The number of hydrogen-bond acceptors (Lipinski definition) is 5. The van der Waals surface area contributed by atoms with Gasteiger partial charge in [-0.2, -0.15) is 0 Å². The van der Waals surface area contributed by atoms with E-state index in [9.17, 15) is 12.8 Å². The number of halogens is 1. The van der Waals surface area contributed by atoms with Crippen molar-refractivity contribution in [2.24, 2.45) is 5.73 Å². The lowest BCUT2D eigenvalue weighted by Gasteiger charge is -2.29. The minimum Gasteiger partial charge on any atom is -0.375 e. The van der Waals surface area contributed by atoms with Crippen molar-refractivity contribution in [1.29, 1.82) is 0 Å². The van der Waals surface area contributed by atoms with Gasteiger partial charge in [0.2, 0.25) is 0 Å². The van der Waals surface area contributed by atoms with Crippen molar-refractivity contribution < 1.29 is 17.5 Å². The number of hydrogen-bond donors (Lipinski definition) is 1. The molecule has 1 fully saturated rings. The molecule has 2 atom stereocenters. The lowest BCUT2D eigenvalue weighted by atomic mass is 10.0. The first kappa shape index (κ1) is 16.2. The highest BCUT2D eigenvalue weighted by Crippen LogP contribution is 2.24. The Hall–Kier alpha value is -1.18. The minimum atomic E-state index is -2.88. The van der Waals surface area contributed by atoms with Gasteiger partial charge in [0.25, 0.3) is 0 Å². The number of nitrogens with zero attached hydrogens (tertiary/aromatic N) is 1. The van der Waals surface area contributed by atoms with Crippen LogP contribution < -0.4 is 10.6 Å². The van der Waals surface area contributed by atoms with Gasteiger partial charge < -0.3 is 15.4 Å². The van der Waals surface area contributed by atoms with Gasteiger partial charge in [-0.15, -0.1) is 0 Å². The van der Waals surface area contributed by atoms with E-state index in [1.807, 2.05) is 29.2 Å². The lowest BCUT2D eigenvalue weighted by Crippen LogP contribution is -2.40. The van der Waals surface area contributed by atoms with E-state index in [0.29, 0.717) is 13.1 Å². The van der Waals surface area contributed by atoms with E-state index in [1.165, 1.54) is 7.11 Å². The van der Waals surface area contributed by atoms with Crippen LogP contribution in [0.25, 0.3) is 0 Å². The largest absolute Gasteiger partial charge is 0.375 e. The van der Waals surface area contributed by atoms with Gasteiger partial charge in [0.05, 0.1) is 23.7 Å². The van der Waals surface area contributed by atoms with Crippen LogP contribution in [0.3, 0.4) is 0 Å². The average Bonchev–Trinajstić information content (AvgIpc) is 2.48. The van der Waals surface area contributed by atoms with Gasteiger partial charge in [0.1, 0.15) is 6.67 Å². The molecule has 1 aliphatic rings. The number of methoxy groups -OCH3 is 1. The molecular weight excluding hydrogens is 295 g/mol. The molecule has 2 N–H and O–H groups in total. The SMILES string of the molecule is CO[C@H](c1ccc(N2CCS(=O)(=O)CC2)cc1)[C@H](N)CF. The second-order valence-corrected chi connectivity index (χ2v) is 7.51. The van der Waals surface area contributed by atoms with Gasteiger partial charge >= 0.3 is 0 Å². The van der Waals surface area contributed by atoms with Crippen LogP contribution >= 0.6 is 0 Å².